The molecule has 1 heterocycles. The lowest BCUT2D eigenvalue weighted by Gasteiger charge is -2.32. The zero-order valence-electron chi connectivity index (χ0n) is 13.9. The van der Waals surface area contributed by atoms with Gasteiger partial charge in [-0.1, -0.05) is 0 Å². The lowest BCUT2D eigenvalue weighted by molar-refractivity contribution is -1.02. The van der Waals surface area contributed by atoms with E-state index in [9.17, 15) is 4.79 Å². The first-order valence-electron chi connectivity index (χ1n) is 8.22. The summed E-state index contributed by atoms with van der Waals surface area (Å²) in [5.74, 6) is 1.08. The van der Waals surface area contributed by atoms with Crippen molar-refractivity contribution in [1.29, 1.82) is 0 Å². The molecule has 3 N–H and O–H groups in total. The number of carbonyl (C=O) groups is 1. The fraction of sp³-hybridized carbons (Fsp3) is 0.588. The lowest BCUT2D eigenvalue weighted by Crippen LogP contribution is -3.29. The SMILES string of the molecule is CCNC(=O)[C@@H](C)[NH+]1CC[NH+](Cc2ccc(OC)cc2)CC1. The molecule has 0 radical (unpaired) electrons. The van der Waals surface area contributed by atoms with E-state index in [1.165, 1.54) is 10.5 Å². The van der Waals surface area contributed by atoms with Crippen LogP contribution in [0.3, 0.4) is 0 Å². The van der Waals surface area contributed by atoms with Crippen molar-refractivity contribution in [3.05, 3.63) is 29.8 Å². The van der Waals surface area contributed by atoms with Crippen LogP contribution < -0.4 is 19.9 Å². The Hall–Kier alpha value is -1.59. The Labute approximate surface area is 133 Å². The van der Waals surface area contributed by atoms with Crippen molar-refractivity contribution >= 4 is 5.91 Å². The molecule has 2 rings (SSSR count). The van der Waals surface area contributed by atoms with E-state index in [4.69, 9.17) is 4.74 Å². The number of piperazine rings is 1. The Kier molecular flexibility index (Phi) is 6.21. The predicted molar refractivity (Wildman–Crippen MR) is 86.2 cm³/mol. The van der Waals surface area contributed by atoms with Gasteiger partial charge in [-0.25, -0.2) is 0 Å². The topological polar surface area (TPSA) is 47.2 Å². The van der Waals surface area contributed by atoms with Crippen LogP contribution in [0, 0.1) is 0 Å². The summed E-state index contributed by atoms with van der Waals surface area (Å²) < 4.78 is 5.19. The standard InChI is InChI=1S/C17H27N3O2/c1-4-18-17(21)14(2)20-11-9-19(10-12-20)13-15-5-7-16(22-3)8-6-15/h5-8,14H,4,9-13H2,1-3H3,(H,18,21)/p+2/t14-/m1/s1. The van der Waals surface area contributed by atoms with Crippen LogP contribution in [0.25, 0.3) is 0 Å². The van der Waals surface area contributed by atoms with Crippen LogP contribution in [0.5, 0.6) is 5.75 Å². The smallest absolute Gasteiger partial charge is 0.278 e. The van der Waals surface area contributed by atoms with E-state index in [1.54, 1.807) is 12.0 Å². The molecule has 1 aliphatic rings. The Morgan fingerprint density at radius 2 is 1.86 bits per heavy atom. The number of nitrogens with one attached hydrogen (secondary N) is 3. The fourth-order valence-corrected chi connectivity index (χ4v) is 3.08. The molecule has 0 spiro atoms. The number of rotatable bonds is 6. The Balaban J connectivity index is 1.80. The number of hydrogen-bond acceptors (Lipinski definition) is 2. The molecule has 1 atom stereocenters. The summed E-state index contributed by atoms with van der Waals surface area (Å²) >= 11 is 0. The van der Waals surface area contributed by atoms with E-state index in [-0.39, 0.29) is 11.9 Å². The first-order valence-corrected chi connectivity index (χ1v) is 8.22. The van der Waals surface area contributed by atoms with Gasteiger partial charge in [0.25, 0.3) is 5.91 Å². The molecule has 22 heavy (non-hydrogen) atoms. The Morgan fingerprint density at radius 1 is 1.23 bits per heavy atom. The molecular weight excluding hydrogens is 278 g/mol. The predicted octanol–water partition coefficient (Wildman–Crippen LogP) is -1.50. The molecule has 1 aromatic carbocycles. The van der Waals surface area contributed by atoms with Gasteiger partial charge in [-0.3, -0.25) is 4.79 Å². The van der Waals surface area contributed by atoms with Gasteiger partial charge in [0.2, 0.25) is 0 Å². The summed E-state index contributed by atoms with van der Waals surface area (Å²) in [6.07, 6.45) is 0. The van der Waals surface area contributed by atoms with Gasteiger partial charge in [0.1, 0.15) is 38.5 Å². The molecule has 0 unspecified atom stereocenters. The molecule has 5 heteroatoms. The number of methoxy groups -OCH3 is 1. The maximum absolute atomic E-state index is 11.9. The second kappa shape index (κ2) is 8.15. The second-order valence-electron chi connectivity index (χ2n) is 6.05. The second-order valence-corrected chi connectivity index (χ2v) is 6.05. The van der Waals surface area contributed by atoms with E-state index in [1.807, 2.05) is 26.0 Å². The third kappa shape index (κ3) is 4.45. The third-order valence-corrected chi connectivity index (χ3v) is 4.57. The first kappa shape index (κ1) is 16.8. The van der Waals surface area contributed by atoms with Crippen molar-refractivity contribution in [2.75, 3.05) is 39.8 Å². The van der Waals surface area contributed by atoms with Crippen LogP contribution in [-0.4, -0.2) is 51.8 Å². The summed E-state index contributed by atoms with van der Waals surface area (Å²) in [5, 5.41) is 2.93. The van der Waals surface area contributed by atoms with Crippen LogP contribution in [-0.2, 0) is 11.3 Å². The van der Waals surface area contributed by atoms with Crippen molar-refractivity contribution in [3.63, 3.8) is 0 Å². The minimum Gasteiger partial charge on any atom is -0.497 e. The molecule has 5 nitrogen and oxygen atoms in total. The molecule has 1 saturated heterocycles. The molecule has 0 saturated carbocycles. The molecule has 1 amide bonds. The molecule has 1 fully saturated rings. The molecule has 1 aromatic rings. The number of carbonyl (C=O) groups excluding carboxylic acids is 1. The monoisotopic (exact) mass is 307 g/mol. The van der Waals surface area contributed by atoms with Gasteiger partial charge in [-0.05, 0) is 38.1 Å². The van der Waals surface area contributed by atoms with Gasteiger partial charge in [-0.15, -0.1) is 0 Å². The number of benzene rings is 1. The Bertz CT molecular complexity index is 467. The summed E-state index contributed by atoms with van der Waals surface area (Å²) in [6, 6.07) is 8.38. The number of likely N-dealkylation sites (N-methyl/N-ethyl adjacent to an activating group) is 1. The van der Waals surface area contributed by atoms with Crippen LogP contribution in [0.15, 0.2) is 24.3 Å². The van der Waals surface area contributed by atoms with Crippen molar-refractivity contribution in [2.45, 2.75) is 26.4 Å². The summed E-state index contributed by atoms with van der Waals surface area (Å²) in [7, 11) is 1.69. The maximum Gasteiger partial charge on any atom is 0.278 e. The normalized spacial score (nSPS) is 22.9. The van der Waals surface area contributed by atoms with E-state index in [0.717, 1.165) is 38.5 Å². The lowest BCUT2D eigenvalue weighted by atomic mass is 10.1. The number of ether oxygens (including phenoxy) is 1. The zero-order valence-corrected chi connectivity index (χ0v) is 13.9. The van der Waals surface area contributed by atoms with Crippen LogP contribution in [0.1, 0.15) is 19.4 Å². The van der Waals surface area contributed by atoms with E-state index in [2.05, 4.69) is 17.4 Å². The van der Waals surface area contributed by atoms with Gasteiger partial charge < -0.3 is 19.9 Å². The maximum atomic E-state index is 11.9. The average molecular weight is 307 g/mol. The number of amides is 1. The van der Waals surface area contributed by atoms with Crippen LogP contribution in [0.2, 0.25) is 0 Å². The fourth-order valence-electron chi connectivity index (χ4n) is 3.08. The number of quaternary nitrogens is 2. The Morgan fingerprint density at radius 3 is 2.41 bits per heavy atom. The van der Waals surface area contributed by atoms with E-state index < -0.39 is 0 Å². The molecule has 0 bridgehead atoms. The highest BCUT2D eigenvalue weighted by Crippen LogP contribution is 2.10. The van der Waals surface area contributed by atoms with Gasteiger partial charge in [0, 0.05) is 12.1 Å². The zero-order chi connectivity index (χ0) is 15.9. The third-order valence-electron chi connectivity index (χ3n) is 4.57. The summed E-state index contributed by atoms with van der Waals surface area (Å²) in [4.78, 5) is 14.9. The molecule has 1 aliphatic heterocycles. The largest absolute Gasteiger partial charge is 0.497 e. The van der Waals surface area contributed by atoms with Crippen LogP contribution >= 0.6 is 0 Å². The highest BCUT2D eigenvalue weighted by Gasteiger charge is 2.30. The minimum absolute atomic E-state index is 0.0579. The summed E-state index contributed by atoms with van der Waals surface area (Å²) in [6.45, 7) is 10.1. The number of hydrogen-bond donors (Lipinski definition) is 3. The minimum atomic E-state index is 0.0579. The summed E-state index contributed by atoms with van der Waals surface area (Å²) in [5.41, 5.74) is 1.34. The van der Waals surface area contributed by atoms with Crippen LogP contribution in [0.4, 0.5) is 0 Å². The van der Waals surface area contributed by atoms with Gasteiger partial charge in [-0.2, -0.15) is 0 Å². The highest BCUT2D eigenvalue weighted by atomic mass is 16.5. The average Bonchev–Trinajstić information content (AvgIpc) is 2.56. The molecular formula is C17H29N3O2+2. The highest BCUT2D eigenvalue weighted by molar-refractivity contribution is 5.79. The van der Waals surface area contributed by atoms with Gasteiger partial charge >= 0.3 is 0 Å². The molecule has 0 aliphatic carbocycles. The van der Waals surface area contributed by atoms with Crippen molar-refractivity contribution in [3.8, 4) is 5.75 Å². The van der Waals surface area contributed by atoms with Crippen molar-refractivity contribution < 1.29 is 19.3 Å². The first-order chi connectivity index (χ1) is 10.6. The molecule has 0 aromatic heterocycles. The van der Waals surface area contributed by atoms with E-state index in [0.29, 0.717) is 6.54 Å². The van der Waals surface area contributed by atoms with Gasteiger partial charge in [0.15, 0.2) is 6.04 Å². The van der Waals surface area contributed by atoms with Crippen molar-refractivity contribution in [2.24, 2.45) is 0 Å². The van der Waals surface area contributed by atoms with Crippen molar-refractivity contribution in [1.82, 2.24) is 5.32 Å². The van der Waals surface area contributed by atoms with E-state index >= 15 is 0 Å². The van der Waals surface area contributed by atoms with Gasteiger partial charge in [0.05, 0.1) is 7.11 Å². The quantitative estimate of drug-likeness (QED) is 0.599. The molecule has 122 valence electrons.